The van der Waals surface area contributed by atoms with Crippen LogP contribution in [0.5, 0.6) is 11.5 Å². The summed E-state index contributed by atoms with van der Waals surface area (Å²) in [4.78, 5) is 36.0. The molecule has 0 spiro atoms. The lowest BCUT2D eigenvalue weighted by Gasteiger charge is -2.16. The summed E-state index contributed by atoms with van der Waals surface area (Å²) in [6.45, 7) is -0.384. The SMILES string of the molecule is O=C(CNC(=O)OCC1c2ccccc2-c2ccccc21)N[C@@H](Cc1ccc(O)c(O)c1)C(=O)O. The van der Waals surface area contributed by atoms with Gasteiger partial charge in [-0.15, -0.1) is 0 Å². The van der Waals surface area contributed by atoms with Crippen molar-refractivity contribution >= 4 is 18.0 Å². The Bertz CT molecular complexity index is 1230. The Hall–Kier alpha value is -4.53. The minimum Gasteiger partial charge on any atom is -0.504 e. The molecule has 0 saturated heterocycles. The second-order valence-electron chi connectivity index (χ2n) is 8.16. The number of alkyl carbamates (subject to hydrolysis) is 1. The van der Waals surface area contributed by atoms with Crippen LogP contribution in [0.1, 0.15) is 22.6 Å². The van der Waals surface area contributed by atoms with Gasteiger partial charge in [0.2, 0.25) is 5.91 Å². The molecule has 3 aromatic carbocycles. The van der Waals surface area contributed by atoms with E-state index in [4.69, 9.17) is 4.74 Å². The number of aromatic hydroxyl groups is 2. The lowest BCUT2D eigenvalue weighted by Crippen LogP contribution is -2.46. The summed E-state index contributed by atoms with van der Waals surface area (Å²) in [6, 6.07) is 18.4. The number of fused-ring (bicyclic) bond motifs is 3. The van der Waals surface area contributed by atoms with Gasteiger partial charge >= 0.3 is 12.1 Å². The van der Waals surface area contributed by atoms with E-state index in [1.807, 2.05) is 48.5 Å². The van der Waals surface area contributed by atoms with E-state index < -0.39 is 36.3 Å². The van der Waals surface area contributed by atoms with Crippen molar-refractivity contribution in [2.24, 2.45) is 0 Å². The monoisotopic (exact) mass is 476 g/mol. The fourth-order valence-electron chi connectivity index (χ4n) is 4.18. The number of benzene rings is 3. The van der Waals surface area contributed by atoms with Crippen molar-refractivity contribution in [1.82, 2.24) is 10.6 Å². The van der Waals surface area contributed by atoms with Crippen molar-refractivity contribution in [1.29, 1.82) is 0 Å². The molecule has 0 radical (unpaired) electrons. The third-order valence-corrected chi connectivity index (χ3v) is 5.85. The van der Waals surface area contributed by atoms with Crippen molar-refractivity contribution in [2.45, 2.75) is 18.4 Å². The Morgan fingerprint density at radius 3 is 2.11 bits per heavy atom. The van der Waals surface area contributed by atoms with Crippen molar-refractivity contribution in [3.63, 3.8) is 0 Å². The number of amides is 2. The molecule has 180 valence electrons. The normalized spacial score (nSPS) is 12.8. The number of nitrogens with one attached hydrogen (secondary N) is 2. The molecular weight excluding hydrogens is 452 g/mol. The molecule has 0 aliphatic heterocycles. The summed E-state index contributed by atoms with van der Waals surface area (Å²) < 4.78 is 5.36. The van der Waals surface area contributed by atoms with Gasteiger partial charge in [0, 0.05) is 12.3 Å². The Kier molecular flexibility index (Phi) is 6.86. The Labute approximate surface area is 201 Å². The molecule has 3 aromatic rings. The average Bonchev–Trinajstić information content (AvgIpc) is 3.17. The number of carboxylic acid groups (broad SMARTS) is 1. The first-order valence-electron chi connectivity index (χ1n) is 11.0. The van der Waals surface area contributed by atoms with Crippen molar-refractivity contribution in [2.75, 3.05) is 13.2 Å². The molecule has 0 aromatic heterocycles. The van der Waals surface area contributed by atoms with E-state index in [0.717, 1.165) is 22.3 Å². The quantitative estimate of drug-likeness (QED) is 0.314. The number of aliphatic carboxylic acids is 1. The van der Waals surface area contributed by atoms with E-state index in [1.165, 1.54) is 18.2 Å². The largest absolute Gasteiger partial charge is 0.504 e. The average molecular weight is 476 g/mol. The summed E-state index contributed by atoms with van der Waals surface area (Å²) in [5.41, 5.74) is 4.71. The summed E-state index contributed by atoms with van der Waals surface area (Å²) in [5, 5.41) is 33.0. The predicted molar refractivity (Wildman–Crippen MR) is 126 cm³/mol. The van der Waals surface area contributed by atoms with Crippen molar-refractivity contribution in [3.8, 4) is 22.6 Å². The zero-order valence-electron chi connectivity index (χ0n) is 18.6. The second-order valence-corrected chi connectivity index (χ2v) is 8.16. The second kappa shape index (κ2) is 10.2. The van der Waals surface area contributed by atoms with Crippen LogP contribution in [0, 0.1) is 0 Å². The number of phenolic OH excluding ortho intramolecular Hbond substituents is 2. The number of carboxylic acids is 1. The topological polar surface area (TPSA) is 145 Å². The Morgan fingerprint density at radius 1 is 0.886 bits per heavy atom. The molecule has 2 amide bonds. The van der Waals surface area contributed by atoms with Crippen LogP contribution in [0.2, 0.25) is 0 Å². The van der Waals surface area contributed by atoms with Crippen LogP contribution in [0.25, 0.3) is 11.1 Å². The molecule has 0 saturated carbocycles. The first kappa shape index (κ1) is 23.6. The molecular formula is C26H24N2O7. The molecule has 5 N–H and O–H groups in total. The van der Waals surface area contributed by atoms with E-state index >= 15 is 0 Å². The summed E-state index contributed by atoms with van der Waals surface area (Å²) >= 11 is 0. The van der Waals surface area contributed by atoms with Gasteiger partial charge in [0.05, 0.1) is 0 Å². The molecule has 1 aliphatic rings. The maximum absolute atomic E-state index is 12.2. The highest BCUT2D eigenvalue weighted by molar-refractivity contribution is 5.87. The first-order chi connectivity index (χ1) is 16.8. The van der Waals surface area contributed by atoms with E-state index in [9.17, 15) is 29.7 Å². The highest BCUT2D eigenvalue weighted by atomic mass is 16.5. The predicted octanol–water partition coefficient (Wildman–Crippen LogP) is 2.75. The highest BCUT2D eigenvalue weighted by Gasteiger charge is 2.29. The van der Waals surface area contributed by atoms with E-state index in [-0.39, 0.29) is 24.7 Å². The van der Waals surface area contributed by atoms with Crippen LogP contribution in [0.15, 0.2) is 66.7 Å². The number of phenols is 2. The van der Waals surface area contributed by atoms with Gasteiger partial charge in [-0.3, -0.25) is 4.79 Å². The van der Waals surface area contributed by atoms with Gasteiger partial charge in [0.1, 0.15) is 19.2 Å². The minimum atomic E-state index is -1.30. The van der Waals surface area contributed by atoms with Gasteiger partial charge < -0.3 is 30.7 Å². The van der Waals surface area contributed by atoms with Gasteiger partial charge in [-0.25, -0.2) is 9.59 Å². The molecule has 1 aliphatic carbocycles. The van der Waals surface area contributed by atoms with Crippen LogP contribution in [0.4, 0.5) is 4.79 Å². The maximum atomic E-state index is 12.2. The summed E-state index contributed by atoms with van der Waals surface area (Å²) in [7, 11) is 0. The van der Waals surface area contributed by atoms with Gasteiger partial charge in [0.25, 0.3) is 0 Å². The molecule has 9 heteroatoms. The lowest BCUT2D eigenvalue weighted by molar-refractivity contribution is -0.141. The molecule has 0 bridgehead atoms. The van der Waals surface area contributed by atoms with Gasteiger partial charge in [-0.05, 0) is 39.9 Å². The zero-order chi connectivity index (χ0) is 24.9. The number of rotatable bonds is 8. The number of hydrogen-bond donors (Lipinski definition) is 5. The van der Waals surface area contributed by atoms with Crippen LogP contribution in [-0.2, 0) is 20.7 Å². The Balaban J connectivity index is 1.29. The standard InChI is InChI=1S/C26H24N2O7/c29-22-10-9-15(12-23(22)30)11-21(25(32)33)28-24(31)13-27-26(34)35-14-20-18-7-3-1-5-16(18)17-6-2-4-8-19(17)20/h1-10,12,20-21,29-30H,11,13-14H2,(H,27,34)(H,28,31)(H,32,33)/t21-/m0/s1. The number of carbonyl (C=O) groups excluding carboxylic acids is 2. The van der Waals surface area contributed by atoms with Crippen LogP contribution >= 0.6 is 0 Å². The first-order valence-corrected chi connectivity index (χ1v) is 11.0. The number of hydrogen-bond acceptors (Lipinski definition) is 6. The summed E-state index contributed by atoms with van der Waals surface area (Å²) in [5.74, 6) is -2.85. The van der Waals surface area contributed by atoms with Gasteiger partial charge in [-0.1, -0.05) is 54.6 Å². The molecule has 0 heterocycles. The lowest BCUT2D eigenvalue weighted by atomic mass is 9.98. The molecule has 35 heavy (non-hydrogen) atoms. The smallest absolute Gasteiger partial charge is 0.407 e. The van der Waals surface area contributed by atoms with Gasteiger partial charge in [0.15, 0.2) is 11.5 Å². The Morgan fingerprint density at radius 2 is 1.51 bits per heavy atom. The molecule has 1 atom stereocenters. The van der Waals surface area contributed by atoms with Crippen molar-refractivity contribution in [3.05, 3.63) is 83.4 Å². The van der Waals surface area contributed by atoms with Crippen LogP contribution < -0.4 is 10.6 Å². The number of carbonyl (C=O) groups is 3. The molecule has 0 fully saturated rings. The highest BCUT2D eigenvalue weighted by Crippen LogP contribution is 2.44. The van der Waals surface area contributed by atoms with Crippen molar-refractivity contribution < 1.29 is 34.4 Å². The van der Waals surface area contributed by atoms with Crippen LogP contribution in [-0.4, -0.2) is 52.5 Å². The summed E-state index contributed by atoms with van der Waals surface area (Å²) in [6.07, 6.45) is -0.919. The molecule has 4 rings (SSSR count). The van der Waals surface area contributed by atoms with Crippen LogP contribution in [0.3, 0.4) is 0 Å². The van der Waals surface area contributed by atoms with E-state index in [2.05, 4.69) is 10.6 Å². The fourth-order valence-corrected chi connectivity index (χ4v) is 4.18. The molecule has 9 nitrogen and oxygen atoms in total. The third-order valence-electron chi connectivity index (χ3n) is 5.85. The third kappa shape index (κ3) is 5.35. The maximum Gasteiger partial charge on any atom is 0.407 e. The molecule has 0 unspecified atom stereocenters. The van der Waals surface area contributed by atoms with Gasteiger partial charge in [-0.2, -0.15) is 0 Å². The zero-order valence-corrected chi connectivity index (χ0v) is 18.6. The van der Waals surface area contributed by atoms with E-state index in [0.29, 0.717) is 5.56 Å². The van der Waals surface area contributed by atoms with E-state index in [1.54, 1.807) is 0 Å². The number of ether oxygens (including phenoxy) is 1. The minimum absolute atomic E-state index is 0.0869. The fraction of sp³-hybridized carbons (Fsp3) is 0.192.